The molecule has 2 aliphatic rings. The van der Waals surface area contributed by atoms with E-state index in [0.717, 1.165) is 6.08 Å². The number of benzene rings is 1. The van der Waals surface area contributed by atoms with E-state index >= 15 is 0 Å². The molecule has 1 amide bonds. The summed E-state index contributed by atoms with van der Waals surface area (Å²) in [4.78, 5) is 36.9. The maximum absolute atomic E-state index is 12.9. The van der Waals surface area contributed by atoms with Crippen molar-refractivity contribution in [3.63, 3.8) is 0 Å². The first kappa shape index (κ1) is 17.0. The van der Waals surface area contributed by atoms with Crippen LogP contribution in [0.4, 0.5) is 4.79 Å². The average molecular weight is 345 g/mol. The highest BCUT2D eigenvalue weighted by Crippen LogP contribution is 2.41. The van der Waals surface area contributed by atoms with Crippen molar-refractivity contribution in [2.75, 3.05) is 19.7 Å². The highest BCUT2D eigenvalue weighted by Gasteiger charge is 2.50. The maximum Gasteiger partial charge on any atom is 0.409 e. The Labute approximate surface area is 144 Å². The van der Waals surface area contributed by atoms with Crippen LogP contribution in [-0.2, 0) is 9.53 Å². The summed E-state index contributed by atoms with van der Waals surface area (Å²) in [6.45, 7) is 2.85. The van der Waals surface area contributed by atoms with Crippen molar-refractivity contribution < 1.29 is 29.0 Å². The summed E-state index contributed by atoms with van der Waals surface area (Å²) in [6, 6.07) is 5.03. The van der Waals surface area contributed by atoms with Gasteiger partial charge >= 0.3 is 12.1 Å². The topological polar surface area (TPSA) is 93.1 Å². The molecule has 1 spiro atoms. The Hall–Kier alpha value is -2.83. The Bertz CT molecular complexity index is 746. The van der Waals surface area contributed by atoms with Crippen molar-refractivity contribution in [1.82, 2.24) is 4.90 Å². The van der Waals surface area contributed by atoms with E-state index in [-0.39, 0.29) is 11.9 Å². The average Bonchev–Trinajstić information content (AvgIpc) is 2.86. The van der Waals surface area contributed by atoms with Crippen LogP contribution in [-0.4, -0.2) is 53.1 Å². The number of hydrogen-bond donors (Lipinski definition) is 1. The number of amides is 1. The molecule has 1 aromatic rings. The number of Topliss-reactive ketones (excluding diaryl/α,β-unsaturated/α-hetero) is 1. The largest absolute Gasteiger partial charge is 0.478 e. The van der Waals surface area contributed by atoms with Gasteiger partial charge in [-0.25, -0.2) is 9.59 Å². The Morgan fingerprint density at radius 3 is 2.72 bits per heavy atom. The molecule has 1 aromatic carbocycles. The van der Waals surface area contributed by atoms with E-state index in [9.17, 15) is 14.4 Å². The molecule has 0 bridgehead atoms. The second kappa shape index (κ2) is 6.58. The van der Waals surface area contributed by atoms with Gasteiger partial charge in [0.25, 0.3) is 0 Å². The molecule has 1 saturated heterocycles. The highest BCUT2D eigenvalue weighted by molar-refractivity contribution is 6.08. The number of likely N-dealkylation sites (tertiary alicyclic amines) is 1. The lowest BCUT2D eigenvalue weighted by atomic mass is 9.85. The molecule has 25 heavy (non-hydrogen) atoms. The molecule has 0 aliphatic carbocycles. The molecule has 0 aromatic heterocycles. The minimum absolute atomic E-state index is 0.114. The summed E-state index contributed by atoms with van der Waals surface area (Å²) >= 11 is 0. The Kier molecular flexibility index (Phi) is 4.48. The van der Waals surface area contributed by atoms with Gasteiger partial charge in [-0.1, -0.05) is 6.07 Å². The van der Waals surface area contributed by atoms with E-state index in [2.05, 4.69) is 0 Å². The third kappa shape index (κ3) is 3.22. The minimum Gasteiger partial charge on any atom is -0.478 e. The first-order valence-electron chi connectivity index (χ1n) is 8.16. The van der Waals surface area contributed by atoms with Gasteiger partial charge in [-0.3, -0.25) is 4.79 Å². The normalized spacial score (nSPS) is 18.3. The van der Waals surface area contributed by atoms with Gasteiger partial charge < -0.3 is 19.5 Å². The zero-order valence-electron chi connectivity index (χ0n) is 13.9. The van der Waals surface area contributed by atoms with Crippen LogP contribution in [0.5, 0.6) is 5.75 Å². The van der Waals surface area contributed by atoms with Crippen molar-refractivity contribution in [3.8, 4) is 5.75 Å². The third-order valence-electron chi connectivity index (χ3n) is 4.48. The number of carbonyl (C=O) groups excluding carboxylic acids is 2. The van der Waals surface area contributed by atoms with Gasteiger partial charge in [0.2, 0.25) is 5.78 Å². The van der Waals surface area contributed by atoms with Crippen molar-refractivity contribution in [1.29, 1.82) is 0 Å². The molecular formula is C18H19NO6. The Morgan fingerprint density at radius 2 is 2.08 bits per heavy atom. The summed E-state index contributed by atoms with van der Waals surface area (Å²) < 4.78 is 10.9. The number of ether oxygens (including phenoxy) is 2. The number of carbonyl (C=O) groups is 3. The summed E-state index contributed by atoms with van der Waals surface area (Å²) in [5.74, 6) is -0.662. The fourth-order valence-corrected chi connectivity index (χ4v) is 3.18. The molecule has 0 unspecified atom stereocenters. The number of nitrogens with zero attached hydrogens (tertiary/aromatic N) is 1. The molecule has 1 fully saturated rings. The van der Waals surface area contributed by atoms with E-state index in [1.54, 1.807) is 30.0 Å². The molecule has 0 radical (unpaired) electrons. The van der Waals surface area contributed by atoms with Gasteiger partial charge in [-0.15, -0.1) is 0 Å². The first-order valence-corrected chi connectivity index (χ1v) is 8.16. The maximum atomic E-state index is 12.9. The summed E-state index contributed by atoms with van der Waals surface area (Å²) in [5, 5.41) is 8.71. The van der Waals surface area contributed by atoms with Gasteiger partial charge in [-0.2, -0.15) is 0 Å². The van der Waals surface area contributed by atoms with Crippen molar-refractivity contribution >= 4 is 23.9 Å². The number of rotatable bonds is 3. The molecule has 132 valence electrons. The molecule has 2 aliphatic heterocycles. The van der Waals surface area contributed by atoms with Gasteiger partial charge in [0.05, 0.1) is 12.2 Å². The highest BCUT2D eigenvalue weighted by atomic mass is 16.6. The lowest BCUT2D eigenvalue weighted by Crippen LogP contribution is -2.52. The summed E-state index contributed by atoms with van der Waals surface area (Å²) in [6.07, 6.45) is 2.89. The van der Waals surface area contributed by atoms with Crippen LogP contribution in [0.25, 0.3) is 6.08 Å². The molecule has 2 heterocycles. The third-order valence-corrected chi connectivity index (χ3v) is 4.48. The zero-order chi connectivity index (χ0) is 18.0. The molecule has 7 nitrogen and oxygen atoms in total. The van der Waals surface area contributed by atoms with Crippen LogP contribution in [0.1, 0.15) is 35.7 Å². The van der Waals surface area contributed by atoms with E-state index in [0.29, 0.717) is 49.4 Å². The SMILES string of the molecule is CCOC(=O)N1CCC2(CC1)Oc1ccc(C=CC(=O)O)cc1C2=O. The quantitative estimate of drug-likeness (QED) is 0.845. The van der Waals surface area contributed by atoms with Crippen molar-refractivity contribution in [3.05, 3.63) is 35.4 Å². The molecule has 0 atom stereocenters. The van der Waals surface area contributed by atoms with Crippen molar-refractivity contribution in [2.24, 2.45) is 0 Å². The second-order valence-corrected chi connectivity index (χ2v) is 6.04. The minimum atomic E-state index is -1.05. The monoisotopic (exact) mass is 345 g/mol. The van der Waals surface area contributed by atoms with Gasteiger partial charge in [0, 0.05) is 32.0 Å². The number of aliphatic carboxylic acids is 1. The first-order chi connectivity index (χ1) is 11.9. The number of piperidine rings is 1. The molecular weight excluding hydrogens is 326 g/mol. The molecule has 3 rings (SSSR count). The lowest BCUT2D eigenvalue weighted by molar-refractivity contribution is -0.131. The number of carboxylic acid groups (broad SMARTS) is 1. The Balaban J connectivity index is 1.75. The number of fused-ring (bicyclic) bond motifs is 1. The van der Waals surface area contributed by atoms with Crippen LogP contribution in [0, 0.1) is 0 Å². The smallest absolute Gasteiger partial charge is 0.409 e. The number of ketones is 1. The predicted octanol–water partition coefficient (Wildman–Crippen LogP) is 2.35. The van der Waals surface area contributed by atoms with Crippen LogP contribution >= 0.6 is 0 Å². The fraction of sp³-hybridized carbons (Fsp3) is 0.389. The van der Waals surface area contributed by atoms with Crippen LogP contribution in [0.15, 0.2) is 24.3 Å². The predicted molar refractivity (Wildman–Crippen MR) is 88.6 cm³/mol. The van der Waals surface area contributed by atoms with Gasteiger partial charge in [0.1, 0.15) is 5.75 Å². The van der Waals surface area contributed by atoms with Gasteiger partial charge in [-0.05, 0) is 30.7 Å². The van der Waals surface area contributed by atoms with E-state index in [1.807, 2.05) is 0 Å². The zero-order valence-corrected chi connectivity index (χ0v) is 13.9. The van der Waals surface area contributed by atoms with Crippen LogP contribution in [0.2, 0.25) is 0 Å². The van der Waals surface area contributed by atoms with E-state index in [4.69, 9.17) is 14.6 Å². The van der Waals surface area contributed by atoms with Crippen molar-refractivity contribution in [2.45, 2.75) is 25.4 Å². The van der Waals surface area contributed by atoms with E-state index in [1.165, 1.54) is 6.08 Å². The van der Waals surface area contributed by atoms with Crippen LogP contribution in [0.3, 0.4) is 0 Å². The van der Waals surface area contributed by atoms with Gasteiger partial charge in [0.15, 0.2) is 5.60 Å². The number of carboxylic acids is 1. The molecule has 7 heteroatoms. The summed E-state index contributed by atoms with van der Waals surface area (Å²) in [5.41, 5.74) is 0.136. The standard InChI is InChI=1S/C18H19NO6/c1-2-24-17(23)19-9-7-18(8-10-19)16(22)13-11-12(4-6-15(20)21)3-5-14(13)25-18/h3-6,11H,2,7-10H2,1H3,(H,20,21). The summed E-state index contributed by atoms with van der Waals surface area (Å²) in [7, 11) is 0. The Morgan fingerprint density at radius 1 is 1.36 bits per heavy atom. The van der Waals surface area contributed by atoms with Crippen LogP contribution < -0.4 is 4.74 Å². The van der Waals surface area contributed by atoms with E-state index < -0.39 is 11.6 Å². The number of hydrogen-bond acceptors (Lipinski definition) is 5. The second-order valence-electron chi connectivity index (χ2n) is 6.04. The molecule has 1 N–H and O–H groups in total. The molecule has 0 saturated carbocycles. The lowest BCUT2D eigenvalue weighted by Gasteiger charge is -2.36. The fourth-order valence-electron chi connectivity index (χ4n) is 3.18.